The number of nitrogens with zero attached hydrogens (tertiary/aromatic N) is 2. The summed E-state index contributed by atoms with van der Waals surface area (Å²) in [6.45, 7) is 0. The van der Waals surface area contributed by atoms with Crippen molar-refractivity contribution >= 4 is 73.3 Å². The molecular weight excluding hydrogens is 367 g/mol. The van der Waals surface area contributed by atoms with E-state index in [9.17, 15) is 4.79 Å². The predicted octanol–water partition coefficient (Wildman–Crippen LogP) is 5.30. The quantitative estimate of drug-likeness (QED) is 0.599. The van der Waals surface area contributed by atoms with Gasteiger partial charge in [-0.25, -0.2) is 14.8 Å². The van der Waals surface area contributed by atoms with Crippen LogP contribution in [0.15, 0.2) is 30.5 Å². The number of nitrogens with one attached hydrogen (secondary N) is 2. The SMILES string of the molecule is O=C(Nc1nc2cccnc2s1)Nc1cc(Cl)c(Cl)cc1Cl. The van der Waals surface area contributed by atoms with Gasteiger partial charge >= 0.3 is 6.03 Å². The Morgan fingerprint density at radius 1 is 1.09 bits per heavy atom. The van der Waals surface area contributed by atoms with E-state index in [0.717, 1.165) is 10.3 Å². The maximum atomic E-state index is 12.0. The maximum Gasteiger partial charge on any atom is 0.325 e. The van der Waals surface area contributed by atoms with Crippen molar-refractivity contribution in [3.63, 3.8) is 0 Å². The van der Waals surface area contributed by atoms with Crippen LogP contribution in [0.4, 0.5) is 15.6 Å². The summed E-state index contributed by atoms with van der Waals surface area (Å²) < 4.78 is 0. The number of carbonyl (C=O) groups is 1. The van der Waals surface area contributed by atoms with Crippen molar-refractivity contribution in [2.24, 2.45) is 0 Å². The van der Waals surface area contributed by atoms with Crippen LogP contribution >= 0.6 is 46.1 Å². The predicted molar refractivity (Wildman–Crippen MR) is 91.5 cm³/mol. The van der Waals surface area contributed by atoms with Crippen LogP contribution in [0.3, 0.4) is 0 Å². The minimum Gasteiger partial charge on any atom is -0.306 e. The molecule has 2 N–H and O–H groups in total. The maximum absolute atomic E-state index is 12.0. The monoisotopic (exact) mass is 372 g/mol. The van der Waals surface area contributed by atoms with Gasteiger partial charge in [-0.3, -0.25) is 5.32 Å². The fraction of sp³-hybridized carbons (Fsp3) is 0. The summed E-state index contributed by atoms with van der Waals surface area (Å²) in [4.78, 5) is 21.1. The summed E-state index contributed by atoms with van der Waals surface area (Å²) >= 11 is 19.0. The second-order valence-electron chi connectivity index (χ2n) is 4.17. The summed E-state index contributed by atoms with van der Waals surface area (Å²) in [6.07, 6.45) is 1.67. The van der Waals surface area contributed by atoms with Gasteiger partial charge in [-0.1, -0.05) is 46.1 Å². The molecule has 0 aliphatic rings. The third-order valence-corrected chi connectivity index (χ3v) is 4.57. The van der Waals surface area contributed by atoms with Gasteiger partial charge in [0.1, 0.15) is 10.3 Å². The van der Waals surface area contributed by atoms with Crippen LogP contribution < -0.4 is 10.6 Å². The van der Waals surface area contributed by atoms with Crippen molar-refractivity contribution in [2.75, 3.05) is 10.6 Å². The van der Waals surface area contributed by atoms with E-state index in [-0.39, 0.29) is 5.02 Å². The molecule has 22 heavy (non-hydrogen) atoms. The highest BCUT2D eigenvalue weighted by Gasteiger charge is 2.11. The van der Waals surface area contributed by atoms with Gasteiger partial charge in [-0.05, 0) is 24.3 Å². The van der Waals surface area contributed by atoms with Gasteiger partial charge in [0, 0.05) is 6.20 Å². The van der Waals surface area contributed by atoms with Gasteiger partial charge < -0.3 is 5.32 Å². The summed E-state index contributed by atoms with van der Waals surface area (Å²) in [7, 11) is 0. The van der Waals surface area contributed by atoms with Crippen LogP contribution in [0.5, 0.6) is 0 Å². The molecule has 0 atom stereocenters. The number of rotatable bonds is 2. The zero-order valence-electron chi connectivity index (χ0n) is 10.7. The average Bonchev–Trinajstić information content (AvgIpc) is 2.86. The summed E-state index contributed by atoms with van der Waals surface area (Å²) in [5, 5.41) is 6.55. The highest BCUT2D eigenvalue weighted by atomic mass is 35.5. The molecule has 0 unspecified atom stereocenters. The Balaban J connectivity index is 1.76. The lowest BCUT2D eigenvalue weighted by Gasteiger charge is -2.08. The van der Waals surface area contributed by atoms with Crippen molar-refractivity contribution in [3.8, 4) is 0 Å². The van der Waals surface area contributed by atoms with Gasteiger partial charge in [0.25, 0.3) is 0 Å². The molecular formula is C13H7Cl3N4OS. The first-order chi connectivity index (χ1) is 10.5. The molecule has 2 heterocycles. The molecule has 0 radical (unpaired) electrons. The van der Waals surface area contributed by atoms with E-state index >= 15 is 0 Å². The smallest absolute Gasteiger partial charge is 0.306 e. The first-order valence-electron chi connectivity index (χ1n) is 5.97. The minimum absolute atomic E-state index is 0.288. The number of hydrogen-bond acceptors (Lipinski definition) is 4. The lowest BCUT2D eigenvalue weighted by Crippen LogP contribution is -2.19. The minimum atomic E-state index is -0.487. The highest BCUT2D eigenvalue weighted by molar-refractivity contribution is 7.21. The number of fused-ring (bicyclic) bond motifs is 1. The molecule has 0 bridgehead atoms. The average molecular weight is 374 g/mol. The Morgan fingerprint density at radius 2 is 1.86 bits per heavy atom. The molecule has 0 saturated heterocycles. The molecule has 0 saturated carbocycles. The van der Waals surface area contributed by atoms with Crippen molar-refractivity contribution in [3.05, 3.63) is 45.5 Å². The van der Waals surface area contributed by atoms with Gasteiger partial charge in [-0.2, -0.15) is 0 Å². The number of hydrogen-bond donors (Lipinski definition) is 2. The van der Waals surface area contributed by atoms with Gasteiger partial charge in [0.2, 0.25) is 0 Å². The molecule has 0 aliphatic heterocycles. The normalized spacial score (nSPS) is 10.7. The summed E-state index contributed by atoms with van der Waals surface area (Å²) in [5.41, 5.74) is 1.07. The molecule has 1 aromatic carbocycles. The zero-order chi connectivity index (χ0) is 15.7. The van der Waals surface area contributed by atoms with E-state index < -0.39 is 6.03 Å². The van der Waals surface area contributed by atoms with E-state index in [0.29, 0.717) is 20.9 Å². The summed E-state index contributed by atoms with van der Waals surface area (Å²) in [6, 6.07) is 6.05. The Kier molecular flexibility index (Phi) is 4.35. The topological polar surface area (TPSA) is 66.9 Å². The fourth-order valence-corrected chi connectivity index (χ4v) is 3.09. The number of amides is 2. The lowest BCUT2D eigenvalue weighted by atomic mass is 10.3. The molecule has 2 amide bonds. The Bertz CT molecular complexity index is 835. The van der Waals surface area contributed by atoms with Crippen LogP contribution in [0.25, 0.3) is 10.3 Å². The number of halogens is 3. The highest BCUT2D eigenvalue weighted by Crippen LogP contribution is 2.32. The lowest BCUT2D eigenvalue weighted by molar-refractivity contribution is 0.262. The number of urea groups is 1. The number of aromatic nitrogens is 2. The largest absolute Gasteiger partial charge is 0.325 e. The summed E-state index contributed by atoms with van der Waals surface area (Å²) in [5.74, 6) is 0. The second-order valence-corrected chi connectivity index (χ2v) is 6.37. The third-order valence-electron chi connectivity index (χ3n) is 2.65. The Morgan fingerprint density at radius 3 is 2.64 bits per heavy atom. The molecule has 0 fully saturated rings. The molecule has 3 aromatic rings. The van der Waals surface area contributed by atoms with Gasteiger partial charge in [0.15, 0.2) is 5.13 Å². The second kappa shape index (κ2) is 6.26. The first kappa shape index (κ1) is 15.3. The number of thiazole rings is 1. The van der Waals surface area contributed by atoms with Crippen LogP contribution in [0.1, 0.15) is 0 Å². The fourth-order valence-electron chi connectivity index (χ4n) is 1.69. The Labute approximate surface area is 144 Å². The Hall–Kier alpha value is -1.60. The van der Waals surface area contributed by atoms with Crippen molar-refractivity contribution in [2.45, 2.75) is 0 Å². The van der Waals surface area contributed by atoms with Crippen molar-refractivity contribution in [1.29, 1.82) is 0 Å². The first-order valence-corrected chi connectivity index (χ1v) is 7.92. The van der Waals surface area contributed by atoms with Gasteiger partial charge in [0.05, 0.1) is 20.8 Å². The van der Waals surface area contributed by atoms with Crippen LogP contribution in [-0.4, -0.2) is 16.0 Å². The number of anilines is 2. The number of carbonyl (C=O) groups excluding carboxylic acids is 1. The van der Waals surface area contributed by atoms with Crippen LogP contribution in [0, 0.1) is 0 Å². The van der Waals surface area contributed by atoms with Gasteiger partial charge in [-0.15, -0.1) is 0 Å². The van der Waals surface area contributed by atoms with Crippen LogP contribution in [-0.2, 0) is 0 Å². The molecule has 0 aliphatic carbocycles. The number of benzene rings is 1. The standard InChI is InChI=1S/C13H7Cl3N4OS/c14-6-4-8(16)10(5-7(6)15)18-12(21)20-13-19-9-2-1-3-17-11(9)22-13/h1-5H,(H2,18,19,20,21). The molecule has 2 aromatic heterocycles. The van der Waals surface area contributed by atoms with Crippen molar-refractivity contribution < 1.29 is 4.79 Å². The van der Waals surface area contributed by atoms with E-state index in [2.05, 4.69) is 20.6 Å². The molecule has 5 nitrogen and oxygen atoms in total. The zero-order valence-corrected chi connectivity index (χ0v) is 13.8. The molecule has 9 heteroatoms. The number of pyridine rings is 1. The van der Waals surface area contributed by atoms with Crippen molar-refractivity contribution in [1.82, 2.24) is 9.97 Å². The molecule has 112 valence electrons. The van der Waals surface area contributed by atoms with E-state index in [4.69, 9.17) is 34.8 Å². The molecule has 0 spiro atoms. The molecule has 3 rings (SSSR count). The van der Waals surface area contributed by atoms with E-state index in [1.807, 2.05) is 6.07 Å². The van der Waals surface area contributed by atoms with E-state index in [1.54, 1.807) is 12.3 Å². The van der Waals surface area contributed by atoms with Crippen LogP contribution in [0.2, 0.25) is 15.1 Å². The van der Waals surface area contributed by atoms with E-state index in [1.165, 1.54) is 23.5 Å². The third kappa shape index (κ3) is 3.25.